The Hall–Kier alpha value is -1.80. The van der Waals surface area contributed by atoms with Crippen molar-refractivity contribution in [2.24, 2.45) is 5.92 Å². The fourth-order valence-corrected chi connectivity index (χ4v) is 6.37. The molecule has 2 aliphatic rings. The van der Waals surface area contributed by atoms with E-state index in [2.05, 4.69) is 20.6 Å². The number of benzene rings is 2. The average Bonchev–Trinajstić information content (AvgIpc) is 2.84. The molecule has 4 rings (SSSR count). The van der Waals surface area contributed by atoms with E-state index in [0.717, 1.165) is 63.4 Å². The molecule has 1 saturated heterocycles. The summed E-state index contributed by atoms with van der Waals surface area (Å²) in [6.45, 7) is 5.32. The quantitative estimate of drug-likeness (QED) is 0.593. The Balaban J connectivity index is 1.17. The number of rotatable bonds is 8. The standard InChI is InChI=1S/C25H34ClN3O3S/c1-32-24-9-11-25(12-10-24)33(30,31)27-22-7-5-20(6-8-22)13-14-28-15-17-29(18-16-28)23-4-2-3-21(26)19-23/h2-4,9-12,19-20,22,27H,5-8,13-18H2,1H3. The normalized spacial score (nSPS) is 22.3. The summed E-state index contributed by atoms with van der Waals surface area (Å²) in [5, 5.41) is 0.789. The minimum absolute atomic E-state index is 0.0228. The van der Waals surface area contributed by atoms with E-state index in [1.54, 1.807) is 31.4 Å². The van der Waals surface area contributed by atoms with Gasteiger partial charge in [-0.15, -0.1) is 0 Å². The van der Waals surface area contributed by atoms with Crippen LogP contribution in [0.1, 0.15) is 32.1 Å². The number of sulfonamides is 1. The van der Waals surface area contributed by atoms with E-state index < -0.39 is 10.0 Å². The Kier molecular flexibility index (Phi) is 8.17. The summed E-state index contributed by atoms with van der Waals surface area (Å²) in [4.78, 5) is 5.25. The second kappa shape index (κ2) is 11.1. The highest BCUT2D eigenvalue weighted by Gasteiger charge is 2.26. The maximum atomic E-state index is 12.7. The van der Waals surface area contributed by atoms with Crippen molar-refractivity contribution < 1.29 is 13.2 Å². The zero-order valence-electron chi connectivity index (χ0n) is 19.2. The lowest BCUT2D eigenvalue weighted by molar-refractivity contribution is 0.214. The molecular weight excluding hydrogens is 458 g/mol. The van der Waals surface area contributed by atoms with E-state index in [9.17, 15) is 8.42 Å². The van der Waals surface area contributed by atoms with Crippen LogP contribution in [0.2, 0.25) is 5.02 Å². The fourth-order valence-electron chi connectivity index (χ4n) is 4.88. The molecule has 1 aliphatic carbocycles. The summed E-state index contributed by atoms with van der Waals surface area (Å²) in [5.41, 5.74) is 1.21. The van der Waals surface area contributed by atoms with Crippen LogP contribution in [0.5, 0.6) is 5.75 Å². The second-order valence-electron chi connectivity index (χ2n) is 9.11. The van der Waals surface area contributed by atoms with Gasteiger partial charge in [0.05, 0.1) is 12.0 Å². The Morgan fingerprint density at radius 3 is 2.33 bits per heavy atom. The molecule has 2 aromatic rings. The maximum Gasteiger partial charge on any atom is 0.240 e. The van der Waals surface area contributed by atoms with E-state index >= 15 is 0 Å². The van der Waals surface area contributed by atoms with Gasteiger partial charge in [-0.2, -0.15) is 0 Å². The average molecular weight is 492 g/mol. The molecule has 1 N–H and O–H groups in total. The van der Waals surface area contributed by atoms with Gasteiger partial charge in [-0.05, 0) is 87.0 Å². The van der Waals surface area contributed by atoms with Crippen LogP contribution < -0.4 is 14.4 Å². The Morgan fingerprint density at radius 1 is 1.00 bits per heavy atom. The van der Waals surface area contributed by atoms with Crippen molar-refractivity contribution in [2.45, 2.75) is 43.0 Å². The first-order valence-electron chi connectivity index (χ1n) is 11.8. The summed E-state index contributed by atoms with van der Waals surface area (Å²) < 4.78 is 33.4. The van der Waals surface area contributed by atoms with E-state index in [1.807, 2.05) is 18.2 Å². The predicted molar refractivity (Wildman–Crippen MR) is 134 cm³/mol. The molecule has 33 heavy (non-hydrogen) atoms. The van der Waals surface area contributed by atoms with Crippen LogP contribution in [-0.4, -0.2) is 59.2 Å². The summed E-state index contributed by atoms with van der Waals surface area (Å²) in [7, 11) is -1.92. The molecule has 0 radical (unpaired) electrons. The first-order valence-corrected chi connectivity index (χ1v) is 13.7. The third kappa shape index (κ3) is 6.63. The molecule has 8 heteroatoms. The number of nitrogens with one attached hydrogen (secondary N) is 1. The lowest BCUT2D eigenvalue weighted by atomic mass is 9.84. The molecule has 1 heterocycles. The van der Waals surface area contributed by atoms with Crippen LogP contribution in [0, 0.1) is 5.92 Å². The molecule has 0 bridgehead atoms. The summed E-state index contributed by atoms with van der Waals surface area (Å²) in [6.07, 6.45) is 5.16. The number of nitrogens with zero attached hydrogens (tertiary/aromatic N) is 2. The van der Waals surface area contributed by atoms with Crippen LogP contribution in [0.4, 0.5) is 5.69 Å². The molecule has 6 nitrogen and oxygen atoms in total. The van der Waals surface area contributed by atoms with Gasteiger partial charge in [0, 0.05) is 42.9 Å². The first-order chi connectivity index (χ1) is 15.9. The molecule has 0 aromatic heterocycles. The van der Waals surface area contributed by atoms with Gasteiger partial charge in [-0.25, -0.2) is 13.1 Å². The zero-order valence-corrected chi connectivity index (χ0v) is 20.8. The second-order valence-corrected chi connectivity index (χ2v) is 11.3. The topological polar surface area (TPSA) is 61.9 Å². The van der Waals surface area contributed by atoms with Crippen molar-refractivity contribution in [3.05, 3.63) is 53.6 Å². The van der Waals surface area contributed by atoms with E-state index in [1.165, 1.54) is 12.1 Å². The van der Waals surface area contributed by atoms with E-state index in [0.29, 0.717) is 16.6 Å². The SMILES string of the molecule is COc1ccc(S(=O)(=O)NC2CCC(CCN3CCN(c4cccc(Cl)c4)CC3)CC2)cc1. The van der Waals surface area contributed by atoms with Gasteiger partial charge in [0.15, 0.2) is 0 Å². The summed E-state index contributed by atoms with van der Waals surface area (Å²) >= 11 is 6.14. The van der Waals surface area contributed by atoms with Crippen LogP contribution in [0.3, 0.4) is 0 Å². The molecule has 0 atom stereocenters. The highest BCUT2D eigenvalue weighted by atomic mass is 35.5. The number of ether oxygens (including phenoxy) is 1. The van der Waals surface area contributed by atoms with Crippen LogP contribution >= 0.6 is 11.6 Å². The van der Waals surface area contributed by atoms with E-state index in [-0.39, 0.29) is 6.04 Å². The van der Waals surface area contributed by atoms with Crippen LogP contribution in [0.25, 0.3) is 0 Å². The Morgan fingerprint density at radius 2 is 1.70 bits per heavy atom. The van der Waals surface area contributed by atoms with Crippen LogP contribution in [0.15, 0.2) is 53.4 Å². The number of halogens is 1. The number of methoxy groups -OCH3 is 1. The molecule has 180 valence electrons. The Bertz CT molecular complexity index is 1000. The first kappa shape index (κ1) is 24.3. The minimum Gasteiger partial charge on any atom is -0.497 e. The third-order valence-corrected chi connectivity index (χ3v) is 8.71. The largest absolute Gasteiger partial charge is 0.497 e. The van der Waals surface area contributed by atoms with Crippen molar-refractivity contribution in [1.29, 1.82) is 0 Å². The number of anilines is 1. The van der Waals surface area contributed by atoms with Gasteiger partial charge >= 0.3 is 0 Å². The molecule has 0 unspecified atom stereocenters. The lowest BCUT2D eigenvalue weighted by Crippen LogP contribution is -2.47. The summed E-state index contributed by atoms with van der Waals surface area (Å²) in [6, 6.07) is 14.7. The van der Waals surface area contributed by atoms with Crippen molar-refractivity contribution in [1.82, 2.24) is 9.62 Å². The lowest BCUT2D eigenvalue weighted by Gasteiger charge is -2.37. The van der Waals surface area contributed by atoms with Gasteiger partial charge in [-0.1, -0.05) is 17.7 Å². The van der Waals surface area contributed by atoms with Crippen molar-refractivity contribution >= 4 is 27.3 Å². The fraction of sp³-hybridized carbons (Fsp3) is 0.520. The third-order valence-electron chi connectivity index (χ3n) is 6.94. The van der Waals surface area contributed by atoms with Crippen molar-refractivity contribution in [3.63, 3.8) is 0 Å². The summed E-state index contributed by atoms with van der Waals surface area (Å²) in [5.74, 6) is 1.33. The molecule has 0 spiro atoms. The van der Waals surface area contributed by atoms with Crippen molar-refractivity contribution in [2.75, 3.05) is 44.7 Å². The van der Waals surface area contributed by atoms with Gasteiger partial charge in [-0.3, -0.25) is 4.90 Å². The highest BCUT2D eigenvalue weighted by molar-refractivity contribution is 7.89. The monoisotopic (exact) mass is 491 g/mol. The zero-order chi connectivity index (χ0) is 23.3. The number of hydrogen-bond acceptors (Lipinski definition) is 5. The van der Waals surface area contributed by atoms with Crippen LogP contribution in [-0.2, 0) is 10.0 Å². The molecule has 1 saturated carbocycles. The molecule has 0 amide bonds. The predicted octanol–water partition coefficient (Wildman–Crippen LogP) is 4.40. The molecule has 2 fully saturated rings. The van der Waals surface area contributed by atoms with Gasteiger partial charge in [0.1, 0.15) is 5.75 Å². The van der Waals surface area contributed by atoms with Gasteiger partial charge < -0.3 is 9.64 Å². The van der Waals surface area contributed by atoms with Gasteiger partial charge in [0.25, 0.3) is 0 Å². The number of hydrogen-bond donors (Lipinski definition) is 1. The maximum absolute atomic E-state index is 12.7. The van der Waals surface area contributed by atoms with Crippen molar-refractivity contribution in [3.8, 4) is 5.75 Å². The molecule has 2 aromatic carbocycles. The van der Waals surface area contributed by atoms with Gasteiger partial charge in [0.2, 0.25) is 10.0 Å². The highest BCUT2D eigenvalue weighted by Crippen LogP contribution is 2.29. The molecular formula is C25H34ClN3O3S. The molecule has 1 aliphatic heterocycles. The van der Waals surface area contributed by atoms with E-state index in [4.69, 9.17) is 16.3 Å². The smallest absolute Gasteiger partial charge is 0.240 e. The minimum atomic E-state index is -3.49. The number of piperazine rings is 1. The Labute approximate surface area is 202 Å².